The first-order valence-electron chi connectivity index (χ1n) is 7.00. The molecule has 2 heterocycles. The minimum atomic E-state index is 0.471. The Hall–Kier alpha value is -1.19. The van der Waals surface area contributed by atoms with E-state index in [-0.39, 0.29) is 0 Å². The van der Waals surface area contributed by atoms with Crippen LogP contribution in [0.2, 0.25) is 0 Å². The lowest BCUT2D eigenvalue weighted by Gasteiger charge is -2.21. The van der Waals surface area contributed by atoms with Crippen molar-refractivity contribution in [1.82, 2.24) is 10.3 Å². The van der Waals surface area contributed by atoms with Gasteiger partial charge in [0.15, 0.2) is 0 Å². The van der Waals surface area contributed by atoms with Crippen LogP contribution in [0.5, 0.6) is 0 Å². The molecular formula is C16H20N2S. The summed E-state index contributed by atoms with van der Waals surface area (Å²) in [5, 5.41) is 7.01. The molecule has 1 aromatic carbocycles. The molecule has 1 aliphatic rings. The second kappa shape index (κ2) is 5.43. The first-order chi connectivity index (χ1) is 9.24. The van der Waals surface area contributed by atoms with Crippen LogP contribution in [0.3, 0.4) is 0 Å². The Morgan fingerprint density at radius 2 is 2.16 bits per heavy atom. The number of benzene rings is 1. The lowest BCUT2D eigenvalue weighted by Crippen LogP contribution is -2.26. The highest BCUT2D eigenvalue weighted by atomic mass is 32.1. The predicted octanol–water partition coefficient (Wildman–Crippen LogP) is 4.24. The molecule has 3 rings (SSSR count). The topological polar surface area (TPSA) is 24.9 Å². The van der Waals surface area contributed by atoms with Crippen LogP contribution in [0.15, 0.2) is 23.6 Å². The zero-order valence-electron chi connectivity index (χ0n) is 11.6. The lowest BCUT2D eigenvalue weighted by molar-refractivity contribution is 0.411. The van der Waals surface area contributed by atoms with Gasteiger partial charge in [0.25, 0.3) is 0 Å². The third-order valence-corrected chi connectivity index (χ3v) is 4.75. The molecule has 1 N–H and O–H groups in total. The van der Waals surface area contributed by atoms with Crippen molar-refractivity contribution in [2.24, 2.45) is 0 Å². The van der Waals surface area contributed by atoms with Gasteiger partial charge in [0, 0.05) is 10.9 Å². The maximum Gasteiger partial charge on any atom is 0.110 e. The van der Waals surface area contributed by atoms with Crippen molar-refractivity contribution in [2.75, 3.05) is 6.54 Å². The number of rotatable bonds is 2. The Kier molecular flexibility index (Phi) is 3.67. The second-order valence-corrected chi connectivity index (χ2v) is 6.28. The van der Waals surface area contributed by atoms with Gasteiger partial charge < -0.3 is 5.32 Å². The van der Waals surface area contributed by atoms with E-state index in [9.17, 15) is 0 Å². The molecule has 2 aromatic rings. The summed E-state index contributed by atoms with van der Waals surface area (Å²) in [7, 11) is 0. The highest BCUT2D eigenvalue weighted by molar-refractivity contribution is 7.10. The van der Waals surface area contributed by atoms with Crippen LogP contribution in [0.4, 0.5) is 0 Å². The van der Waals surface area contributed by atoms with E-state index in [0.717, 1.165) is 12.2 Å². The van der Waals surface area contributed by atoms with Crippen LogP contribution in [0.1, 0.15) is 41.4 Å². The average Bonchev–Trinajstić information content (AvgIpc) is 2.89. The van der Waals surface area contributed by atoms with Crippen LogP contribution in [-0.4, -0.2) is 11.5 Å². The second-order valence-electron chi connectivity index (χ2n) is 5.39. The van der Waals surface area contributed by atoms with Gasteiger partial charge in [0.1, 0.15) is 5.01 Å². The summed E-state index contributed by atoms with van der Waals surface area (Å²) in [4.78, 5) is 4.85. The standard InChI is InChI=1S/C16H20N2S/c1-11-6-7-13(12(2)9-11)15-10-19-16(18-15)14-5-3-4-8-17-14/h6-7,9-10,14,17H,3-5,8H2,1-2H3. The minimum absolute atomic E-state index is 0.471. The van der Waals surface area contributed by atoms with E-state index in [2.05, 4.69) is 42.7 Å². The molecule has 0 bridgehead atoms. The van der Waals surface area contributed by atoms with Crippen molar-refractivity contribution in [3.8, 4) is 11.3 Å². The first kappa shape index (κ1) is 12.8. The molecule has 0 spiro atoms. The van der Waals surface area contributed by atoms with Crippen molar-refractivity contribution in [3.63, 3.8) is 0 Å². The number of aryl methyl sites for hydroxylation is 2. The fourth-order valence-corrected chi connectivity index (χ4v) is 3.66. The molecule has 3 heteroatoms. The third kappa shape index (κ3) is 2.72. The monoisotopic (exact) mass is 272 g/mol. The van der Waals surface area contributed by atoms with E-state index in [0.29, 0.717) is 6.04 Å². The molecule has 0 radical (unpaired) electrons. The van der Waals surface area contributed by atoms with E-state index in [4.69, 9.17) is 4.98 Å². The number of piperidine rings is 1. The molecule has 19 heavy (non-hydrogen) atoms. The molecule has 100 valence electrons. The van der Waals surface area contributed by atoms with E-state index in [1.165, 1.54) is 41.0 Å². The van der Waals surface area contributed by atoms with Gasteiger partial charge in [-0.15, -0.1) is 11.3 Å². The Bertz CT molecular complexity index is 568. The summed E-state index contributed by atoms with van der Waals surface area (Å²) in [5.74, 6) is 0. The van der Waals surface area contributed by atoms with Gasteiger partial charge in [0.05, 0.1) is 11.7 Å². The smallest absolute Gasteiger partial charge is 0.110 e. The zero-order valence-corrected chi connectivity index (χ0v) is 12.4. The molecule has 0 aliphatic carbocycles. The lowest BCUT2D eigenvalue weighted by atomic mass is 10.0. The predicted molar refractivity (Wildman–Crippen MR) is 81.6 cm³/mol. The van der Waals surface area contributed by atoms with Gasteiger partial charge in [-0.3, -0.25) is 0 Å². The van der Waals surface area contributed by atoms with Gasteiger partial charge in [-0.1, -0.05) is 30.2 Å². The molecule has 1 fully saturated rings. The van der Waals surface area contributed by atoms with Crippen LogP contribution in [0.25, 0.3) is 11.3 Å². The quantitative estimate of drug-likeness (QED) is 0.884. The summed E-state index contributed by atoms with van der Waals surface area (Å²) in [6.07, 6.45) is 3.84. The van der Waals surface area contributed by atoms with Crippen LogP contribution >= 0.6 is 11.3 Å². The minimum Gasteiger partial charge on any atom is -0.308 e. The number of nitrogens with one attached hydrogen (secondary N) is 1. The molecule has 1 aromatic heterocycles. The van der Waals surface area contributed by atoms with E-state index in [1.54, 1.807) is 11.3 Å². The summed E-state index contributed by atoms with van der Waals surface area (Å²) in [6, 6.07) is 7.06. The maximum absolute atomic E-state index is 4.85. The average molecular weight is 272 g/mol. The van der Waals surface area contributed by atoms with Gasteiger partial charge in [-0.2, -0.15) is 0 Å². The highest BCUT2D eigenvalue weighted by Gasteiger charge is 2.18. The fraction of sp³-hybridized carbons (Fsp3) is 0.438. The summed E-state index contributed by atoms with van der Waals surface area (Å²) < 4.78 is 0. The highest BCUT2D eigenvalue weighted by Crippen LogP contribution is 2.31. The maximum atomic E-state index is 4.85. The molecule has 1 saturated heterocycles. The number of aromatic nitrogens is 1. The molecule has 0 amide bonds. The Balaban J connectivity index is 1.87. The van der Waals surface area contributed by atoms with Crippen molar-refractivity contribution >= 4 is 11.3 Å². The van der Waals surface area contributed by atoms with Crippen LogP contribution in [0, 0.1) is 13.8 Å². The van der Waals surface area contributed by atoms with E-state index >= 15 is 0 Å². The normalized spacial score (nSPS) is 19.6. The van der Waals surface area contributed by atoms with Crippen molar-refractivity contribution < 1.29 is 0 Å². The fourth-order valence-electron chi connectivity index (χ4n) is 2.73. The first-order valence-corrected chi connectivity index (χ1v) is 7.88. The number of thiazole rings is 1. The molecular weight excluding hydrogens is 252 g/mol. The molecule has 0 saturated carbocycles. The molecule has 1 aliphatic heterocycles. The van der Waals surface area contributed by atoms with Crippen molar-refractivity contribution in [1.29, 1.82) is 0 Å². The van der Waals surface area contributed by atoms with Crippen molar-refractivity contribution in [2.45, 2.75) is 39.2 Å². The third-order valence-electron chi connectivity index (χ3n) is 3.79. The van der Waals surface area contributed by atoms with Gasteiger partial charge >= 0.3 is 0 Å². The van der Waals surface area contributed by atoms with E-state index in [1.807, 2.05) is 0 Å². The molecule has 1 atom stereocenters. The molecule has 2 nitrogen and oxygen atoms in total. The summed E-state index contributed by atoms with van der Waals surface area (Å²) in [5.41, 5.74) is 5.02. The summed E-state index contributed by atoms with van der Waals surface area (Å²) >= 11 is 1.79. The van der Waals surface area contributed by atoms with E-state index < -0.39 is 0 Å². The number of hydrogen-bond donors (Lipinski definition) is 1. The Labute approximate surface area is 118 Å². The van der Waals surface area contributed by atoms with Crippen LogP contribution in [-0.2, 0) is 0 Å². The Morgan fingerprint density at radius 3 is 2.89 bits per heavy atom. The van der Waals surface area contributed by atoms with Gasteiger partial charge in [-0.25, -0.2) is 4.98 Å². The Morgan fingerprint density at radius 1 is 1.26 bits per heavy atom. The molecule has 1 unspecified atom stereocenters. The van der Waals surface area contributed by atoms with Gasteiger partial charge in [0.2, 0.25) is 0 Å². The largest absolute Gasteiger partial charge is 0.308 e. The van der Waals surface area contributed by atoms with Crippen LogP contribution < -0.4 is 5.32 Å². The number of hydrogen-bond acceptors (Lipinski definition) is 3. The zero-order chi connectivity index (χ0) is 13.2. The summed E-state index contributed by atoms with van der Waals surface area (Å²) in [6.45, 7) is 5.43. The number of nitrogens with zero attached hydrogens (tertiary/aromatic N) is 1. The SMILES string of the molecule is Cc1ccc(-c2csc(C3CCCCN3)n2)c(C)c1. The van der Waals surface area contributed by atoms with Crippen molar-refractivity contribution in [3.05, 3.63) is 39.7 Å². The van der Waals surface area contributed by atoms with Gasteiger partial charge in [-0.05, 0) is 38.8 Å².